The van der Waals surface area contributed by atoms with Gasteiger partial charge >= 0.3 is 5.97 Å². The lowest BCUT2D eigenvalue weighted by Crippen LogP contribution is -2.44. The summed E-state index contributed by atoms with van der Waals surface area (Å²) in [4.78, 5) is 16.9. The normalized spacial score (nSPS) is 13.6. The van der Waals surface area contributed by atoms with E-state index in [-0.39, 0.29) is 23.8 Å². The number of carboxylic acid groups (broad SMARTS) is 1. The van der Waals surface area contributed by atoms with Crippen LogP contribution in [-0.2, 0) is 4.79 Å². The van der Waals surface area contributed by atoms with Gasteiger partial charge in [-0.2, -0.15) is 0 Å². The molecule has 1 rings (SSSR count). The van der Waals surface area contributed by atoms with E-state index >= 15 is 0 Å². The van der Waals surface area contributed by atoms with Crippen molar-refractivity contribution in [3.63, 3.8) is 0 Å². The van der Waals surface area contributed by atoms with E-state index in [9.17, 15) is 9.18 Å². The molecule has 5 heteroatoms. The summed E-state index contributed by atoms with van der Waals surface area (Å²) in [5.41, 5.74) is 0.548. The summed E-state index contributed by atoms with van der Waals surface area (Å²) in [6, 6.07) is 2.94. The summed E-state index contributed by atoms with van der Waals surface area (Å²) < 4.78 is 12.9. The Labute approximate surface area is 113 Å². The van der Waals surface area contributed by atoms with E-state index in [2.05, 4.69) is 9.88 Å². The minimum atomic E-state index is -0.825. The fourth-order valence-electron chi connectivity index (χ4n) is 2.12. The van der Waals surface area contributed by atoms with E-state index in [0.717, 1.165) is 5.69 Å². The van der Waals surface area contributed by atoms with Crippen LogP contribution >= 0.6 is 0 Å². The van der Waals surface area contributed by atoms with Crippen LogP contribution in [0.2, 0.25) is 0 Å². The van der Waals surface area contributed by atoms with Crippen molar-refractivity contribution in [1.29, 1.82) is 0 Å². The third-order valence-electron chi connectivity index (χ3n) is 3.07. The van der Waals surface area contributed by atoms with Gasteiger partial charge in [-0.3, -0.25) is 14.7 Å². The van der Waals surface area contributed by atoms with Crippen molar-refractivity contribution in [2.45, 2.75) is 45.7 Å². The lowest BCUT2D eigenvalue weighted by atomic mass is 10.0. The first-order valence-corrected chi connectivity index (χ1v) is 6.32. The molecule has 106 valence electrons. The third-order valence-corrected chi connectivity index (χ3v) is 3.07. The van der Waals surface area contributed by atoms with Crippen LogP contribution in [0, 0.1) is 5.82 Å². The van der Waals surface area contributed by atoms with Crippen molar-refractivity contribution in [3.05, 3.63) is 29.8 Å². The predicted molar refractivity (Wildman–Crippen MR) is 71.3 cm³/mol. The highest BCUT2D eigenvalue weighted by Gasteiger charge is 2.28. The number of pyridine rings is 1. The summed E-state index contributed by atoms with van der Waals surface area (Å²) in [6.45, 7) is 8.45. The quantitative estimate of drug-likeness (QED) is 0.892. The van der Waals surface area contributed by atoms with E-state index in [1.807, 2.05) is 27.7 Å². The molecule has 0 bridgehead atoms. The number of carbonyl (C=O) groups is 1. The van der Waals surface area contributed by atoms with E-state index in [0.29, 0.717) is 6.54 Å². The minimum absolute atomic E-state index is 0.0695. The molecule has 1 heterocycles. The molecule has 19 heavy (non-hydrogen) atoms. The fourth-order valence-corrected chi connectivity index (χ4v) is 2.12. The van der Waals surface area contributed by atoms with Gasteiger partial charge in [-0.1, -0.05) is 0 Å². The Balaban J connectivity index is 2.90. The van der Waals surface area contributed by atoms with E-state index in [1.54, 1.807) is 6.07 Å². The number of carboxylic acids is 1. The van der Waals surface area contributed by atoms with Crippen LogP contribution in [-0.4, -0.2) is 33.0 Å². The second-order valence-corrected chi connectivity index (χ2v) is 5.59. The maximum absolute atomic E-state index is 12.9. The highest BCUT2D eigenvalue weighted by atomic mass is 19.1. The minimum Gasteiger partial charge on any atom is -0.481 e. The molecule has 0 fully saturated rings. The number of aromatic nitrogens is 1. The molecule has 1 unspecified atom stereocenters. The van der Waals surface area contributed by atoms with Crippen LogP contribution in [0.4, 0.5) is 4.39 Å². The highest BCUT2D eigenvalue weighted by Crippen LogP contribution is 2.26. The van der Waals surface area contributed by atoms with Gasteiger partial charge in [0, 0.05) is 18.1 Å². The summed E-state index contributed by atoms with van der Waals surface area (Å²) in [5.74, 6) is -1.20. The zero-order valence-corrected chi connectivity index (χ0v) is 11.9. The van der Waals surface area contributed by atoms with Gasteiger partial charge in [-0.15, -0.1) is 0 Å². The SMILES string of the molecule is CC(c1ccc(F)cn1)N(CCC(=O)O)C(C)(C)C. The lowest BCUT2D eigenvalue weighted by Gasteiger charge is -2.39. The standard InChI is InChI=1S/C14H21FN2O2/c1-10(12-6-5-11(15)9-16-12)17(14(2,3)4)8-7-13(18)19/h5-6,9-10H,7-8H2,1-4H3,(H,18,19). The number of hydrogen-bond donors (Lipinski definition) is 1. The van der Waals surface area contributed by atoms with Gasteiger partial charge < -0.3 is 5.11 Å². The molecule has 0 radical (unpaired) electrons. The Morgan fingerprint density at radius 3 is 2.53 bits per heavy atom. The summed E-state index contributed by atoms with van der Waals surface area (Å²) in [7, 11) is 0. The van der Waals surface area contributed by atoms with Crippen LogP contribution in [0.25, 0.3) is 0 Å². The number of rotatable bonds is 5. The summed E-state index contributed by atoms with van der Waals surface area (Å²) >= 11 is 0. The number of hydrogen-bond acceptors (Lipinski definition) is 3. The molecule has 0 aliphatic heterocycles. The molecule has 4 nitrogen and oxygen atoms in total. The monoisotopic (exact) mass is 268 g/mol. The van der Waals surface area contributed by atoms with Crippen molar-refractivity contribution in [3.8, 4) is 0 Å². The van der Waals surface area contributed by atoms with Gasteiger partial charge in [-0.25, -0.2) is 4.39 Å². The van der Waals surface area contributed by atoms with Crippen molar-refractivity contribution in [1.82, 2.24) is 9.88 Å². The molecule has 1 N–H and O–H groups in total. The summed E-state index contributed by atoms with van der Waals surface area (Å²) in [6.07, 6.45) is 1.26. The van der Waals surface area contributed by atoms with E-state index in [1.165, 1.54) is 12.3 Å². The average Bonchev–Trinajstić information content (AvgIpc) is 2.27. The second kappa shape index (κ2) is 6.10. The lowest BCUT2D eigenvalue weighted by molar-refractivity contribution is -0.137. The van der Waals surface area contributed by atoms with Crippen molar-refractivity contribution < 1.29 is 14.3 Å². The van der Waals surface area contributed by atoms with E-state index < -0.39 is 5.97 Å². The molecule has 0 saturated heterocycles. The Morgan fingerprint density at radius 2 is 2.11 bits per heavy atom. The Morgan fingerprint density at radius 1 is 1.47 bits per heavy atom. The smallest absolute Gasteiger partial charge is 0.304 e. The van der Waals surface area contributed by atoms with Crippen molar-refractivity contribution in [2.75, 3.05) is 6.54 Å². The number of halogens is 1. The fraction of sp³-hybridized carbons (Fsp3) is 0.571. The molecule has 0 saturated carbocycles. The number of nitrogens with zero attached hydrogens (tertiary/aromatic N) is 2. The molecule has 1 aromatic rings. The predicted octanol–water partition coefficient (Wildman–Crippen LogP) is 2.86. The van der Waals surface area contributed by atoms with Gasteiger partial charge in [-0.05, 0) is 39.8 Å². The Bertz CT molecular complexity index is 426. The Hall–Kier alpha value is -1.49. The molecule has 0 spiro atoms. The molecule has 0 aliphatic rings. The molecular weight excluding hydrogens is 247 g/mol. The maximum atomic E-state index is 12.9. The van der Waals surface area contributed by atoms with Crippen LogP contribution in [0.1, 0.15) is 45.9 Å². The van der Waals surface area contributed by atoms with Gasteiger partial charge in [0.2, 0.25) is 0 Å². The largest absolute Gasteiger partial charge is 0.481 e. The zero-order valence-electron chi connectivity index (χ0n) is 11.9. The summed E-state index contributed by atoms with van der Waals surface area (Å²) in [5, 5.41) is 8.82. The topological polar surface area (TPSA) is 53.4 Å². The van der Waals surface area contributed by atoms with Crippen LogP contribution in [0.5, 0.6) is 0 Å². The highest BCUT2D eigenvalue weighted by molar-refractivity contribution is 5.66. The van der Waals surface area contributed by atoms with Gasteiger partial charge in [0.05, 0.1) is 18.3 Å². The first-order valence-electron chi connectivity index (χ1n) is 6.32. The molecule has 0 amide bonds. The molecular formula is C14H21FN2O2. The van der Waals surface area contributed by atoms with Gasteiger partial charge in [0.15, 0.2) is 0 Å². The van der Waals surface area contributed by atoms with E-state index in [4.69, 9.17) is 5.11 Å². The molecule has 0 aliphatic carbocycles. The van der Waals surface area contributed by atoms with Gasteiger partial charge in [0.25, 0.3) is 0 Å². The second-order valence-electron chi connectivity index (χ2n) is 5.59. The van der Waals surface area contributed by atoms with Crippen molar-refractivity contribution in [2.24, 2.45) is 0 Å². The Kier molecular flexibility index (Phi) is 5.00. The maximum Gasteiger partial charge on any atom is 0.304 e. The molecule has 0 aromatic carbocycles. The average molecular weight is 268 g/mol. The molecule has 1 atom stereocenters. The van der Waals surface area contributed by atoms with Crippen LogP contribution < -0.4 is 0 Å². The van der Waals surface area contributed by atoms with Gasteiger partial charge in [0.1, 0.15) is 5.82 Å². The van der Waals surface area contributed by atoms with Crippen LogP contribution in [0.3, 0.4) is 0 Å². The van der Waals surface area contributed by atoms with Crippen LogP contribution in [0.15, 0.2) is 18.3 Å². The third kappa shape index (κ3) is 4.59. The van der Waals surface area contributed by atoms with Crippen molar-refractivity contribution >= 4 is 5.97 Å². The zero-order chi connectivity index (χ0) is 14.6. The first kappa shape index (κ1) is 15.6. The number of aliphatic carboxylic acids is 1. The molecule has 1 aromatic heterocycles. The first-order chi connectivity index (χ1) is 8.71.